The topological polar surface area (TPSA) is 102 Å². The number of aliphatic hydroxyl groups is 2. The molecule has 8 nitrogen and oxygen atoms in total. The van der Waals surface area contributed by atoms with Crippen LogP contribution in [0.3, 0.4) is 0 Å². The summed E-state index contributed by atoms with van der Waals surface area (Å²) < 4.78 is 19.6. The number of rotatable bonds is 4. The van der Waals surface area contributed by atoms with Crippen molar-refractivity contribution >= 4 is 23.4 Å². The molecule has 3 N–H and O–H groups in total. The number of amides is 2. The Balaban J connectivity index is 1.70. The van der Waals surface area contributed by atoms with Crippen LogP contribution in [0.2, 0.25) is 0 Å². The highest BCUT2D eigenvalue weighted by Crippen LogP contribution is 2.29. The van der Waals surface area contributed by atoms with Crippen molar-refractivity contribution in [2.75, 3.05) is 36.0 Å². The first-order valence-corrected chi connectivity index (χ1v) is 7.98. The van der Waals surface area contributed by atoms with E-state index in [9.17, 15) is 24.2 Å². The maximum Gasteiger partial charge on any atom is 0.414 e. The monoisotopic (exact) mass is 353 g/mol. The van der Waals surface area contributed by atoms with E-state index in [2.05, 4.69) is 5.32 Å². The first kappa shape index (κ1) is 17.4. The Morgan fingerprint density at radius 1 is 1.32 bits per heavy atom. The second-order valence-electron chi connectivity index (χ2n) is 6.23. The van der Waals surface area contributed by atoms with Gasteiger partial charge in [0.15, 0.2) is 0 Å². The van der Waals surface area contributed by atoms with Gasteiger partial charge < -0.3 is 25.2 Å². The lowest BCUT2D eigenvalue weighted by atomic mass is 10.2. The molecule has 3 rings (SSSR count). The molecular weight excluding hydrogens is 333 g/mol. The molecule has 0 unspecified atom stereocenters. The van der Waals surface area contributed by atoms with Crippen LogP contribution < -0.4 is 15.1 Å². The molecule has 0 saturated carbocycles. The minimum Gasteiger partial charge on any atom is -0.442 e. The lowest BCUT2D eigenvalue weighted by Gasteiger charge is -2.20. The number of hydrogen-bond donors (Lipinski definition) is 3. The fraction of sp³-hybridized carbons (Fsp3) is 0.500. The van der Waals surface area contributed by atoms with Crippen LogP contribution in [0.4, 0.5) is 20.6 Å². The van der Waals surface area contributed by atoms with Crippen molar-refractivity contribution < 1.29 is 28.9 Å². The summed E-state index contributed by atoms with van der Waals surface area (Å²) in [4.78, 5) is 25.7. The second kappa shape index (κ2) is 6.85. The van der Waals surface area contributed by atoms with Crippen molar-refractivity contribution in [1.82, 2.24) is 5.32 Å². The molecular formula is C16H20FN3O5. The Hall–Kier alpha value is -2.39. The summed E-state index contributed by atoms with van der Waals surface area (Å²) in [6, 6.07) is 4.30. The Morgan fingerprint density at radius 3 is 2.60 bits per heavy atom. The standard InChI is InChI=1S/C16H20FN3O5/c1-9(21)18-5-11-6-20(16(24)25-11)10-2-3-13(12(17)4-10)19-7-14(22)15(23)8-19/h2-4,11,14-15,22-23H,5-8H2,1H3,(H,18,21)/t11-,14+,15+/m0/s1. The second-order valence-corrected chi connectivity index (χ2v) is 6.23. The summed E-state index contributed by atoms with van der Waals surface area (Å²) in [7, 11) is 0. The van der Waals surface area contributed by atoms with Crippen molar-refractivity contribution in [3.63, 3.8) is 0 Å². The quantitative estimate of drug-likeness (QED) is 0.695. The summed E-state index contributed by atoms with van der Waals surface area (Å²) in [5.41, 5.74) is 0.596. The fourth-order valence-electron chi connectivity index (χ4n) is 2.98. The summed E-state index contributed by atoms with van der Waals surface area (Å²) in [5.74, 6) is -0.781. The van der Waals surface area contributed by atoms with Gasteiger partial charge in [-0.25, -0.2) is 9.18 Å². The maximum atomic E-state index is 14.4. The molecule has 1 aromatic carbocycles. The van der Waals surface area contributed by atoms with Crippen LogP contribution in [-0.2, 0) is 9.53 Å². The predicted octanol–water partition coefficient (Wildman–Crippen LogP) is -0.171. The molecule has 0 radical (unpaired) electrons. The van der Waals surface area contributed by atoms with Crippen molar-refractivity contribution in [2.24, 2.45) is 0 Å². The van der Waals surface area contributed by atoms with Gasteiger partial charge in [0.25, 0.3) is 0 Å². The van der Waals surface area contributed by atoms with Gasteiger partial charge in [0.05, 0.1) is 36.7 Å². The smallest absolute Gasteiger partial charge is 0.414 e. The van der Waals surface area contributed by atoms with Gasteiger partial charge in [0, 0.05) is 20.0 Å². The van der Waals surface area contributed by atoms with E-state index in [0.717, 1.165) is 0 Å². The van der Waals surface area contributed by atoms with Gasteiger partial charge in [-0.3, -0.25) is 9.69 Å². The molecule has 2 aliphatic heterocycles. The first-order chi connectivity index (χ1) is 11.8. The third-order valence-corrected chi connectivity index (χ3v) is 4.30. The molecule has 2 fully saturated rings. The summed E-state index contributed by atoms with van der Waals surface area (Å²) in [6.07, 6.45) is -2.93. The average molecular weight is 353 g/mol. The van der Waals surface area contributed by atoms with Gasteiger partial charge in [-0.2, -0.15) is 0 Å². The molecule has 0 aromatic heterocycles. The molecule has 136 valence electrons. The number of nitrogens with one attached hydrogen (secondary N) is 1. The lowest BCUT2D eigenvalue weighted by molar-refractivity contribution is -0.119. The molecule has 9 heteroatoms. The van der Waals surface area contributed by atoms with Crippen LogP contribution in [0, 0.1) is 5.82 Å². The molecule has 0 spiro atoms. The van der Waals surface area contributed by atoms with E-state index in [0.29, 0.717) is 5.69 Å². The van der Waals surface area contributed by atoms with E-state index in [1.165, 1.54) is 24.0 Å². The third kappa shape index (κ3) is 3.67. The number of cyclic esters (lactones) is 1. The minimum absolute atomic E-state index is 0.141. The number of anilines is 2. The average Bonchev–Trinajstić information content (AvgIpc) is 3.08. The van der Waals surface area contributed by atoms with Crippen LogP contribution in [0.5, 0.6) is 0 Å². The molecule has 2 heterocycles. The molecule has 2 aliphatic rings. The SMILES string of the molecule is CC(=O)NC[C@H]1CN(c2ccc(N3C[C@@H](O)[C@H](O)C3)c(F)c2)C(=O)O1. The predicted molar refractivity (Wildman–Crippen MR) is 86.9 cm³/mol. The molecule has 25 heavy (non-hydrogen) atoms. The molecule has 2 saturated heterocycles. The van der Waals surface area contributed by atoms with E-state index in [1.807, 2.05) is 0 Å². The van der Waals surface area contributed by atoms with E-state index in [-0.39, 0.29) is 37.8 Å². The van der Waals surface area contributed by atoms with E-state index in [1.54, 1.807) is 11.0 Å². The van der Waals surface area contributed by atoms with Gasteiger partial charge >= 0.3 is 6.09 Å². The van der Waals surface area contributed by atoms with Crippen LogP contribution in [0.15, 0.2) is 18.2 Å². The molecule has 0 aliphatic carbocycles. The normalized spacial score (nSPS) is 26.1. The number of β-amino-alcohol motifs (C(OH)–C–C–N with tert-alkyl or cyclic N) is 2. The van der Waals surface area contributed by atoms with Crippen LogP contribution in [-0.4, -0.2) is 66.7 Å². The first-order valence-electron chi connectivity index (χ1n) is 7.98. The summed E-state index contributed by atoms with van der Waals surface area (Å²) in [6.45, 7) is 2.06. The number of hydrogen-bond acceptors (Lipinski definition) is 6. The highest BCUT2D eigenvalue weighted by Gasteiger charge is 2.34. The Morgan fingerprint density at radius 2 is 2.00 bits per heavy atom. The number of carbonyl (C=O) groups is 2. The van der Waals surface area contributed by atoms with Crippen molar-refractivity contribution in [3.05, 3.63) is 24.0 Å². The van der Waals surface area contributed by atoms with Gasteiger partial charge in [-0.1, -0.05) is 0 Å². The highest BCUT2D eigenvalue weighted by molar-refractivity contribution is 5.90. The molecule has 3 atom stereocenters. The fourth-order valence-corrected chi connectivity index (χ4v) is 2.98. The minimum atomic E-state index is -0.915. The number of aliphatic hydroxyl groups excluding tert-OH is 2. The zero-order valence-electron chi connectivity index (χ0n) is 13.7. The zero-order chi connectivity index (χ0) is 18.1. The molecule has 2 amide bonds. The number of ether oxygens (including phenoxy) is 1. The Kier molecular flexibility index (Phi) is 4.78. The number of carbonyl (C=O) groups excluding carboxylic acids is 2. The van der Waals surface area contributed by atoms with Crippen LogP contribution >= 0.6 is 0 Å². The zero-order valence-corrected chi connectivity index (χ0v) is 13.7. The Bertz CT molecular complexity index is 676. The summed E-state index contributed by atoms with van der Waals surface area (Å²) >= 11 is 0. The van der Waals surface area contributed by atoms with Gasteiger partial charge in [-0.05, 0) is 18.2 Å². The Labute approximate surface area is 143 Å². The van der Waals surface area contributed by atoms with Crippen molar-refractivity contribution in [3.8, 4) is 0 Å². The molecule has 0 bridgehead atoms. The van der Waals surface area contributed by atoms with E-state index >= 15 is 0 Å². The van der Waals surface area contributed by atoms with Gasteiger partial charge in [0.2, 0.25) is 5.91 Å². The van der Waals surface area contributed by atoms with E-state index < -0.39 is 30.2 Å². The van der Waals surface area contributed by atoms with Crippen molar-refractivity contribution in [2.45, 2.75) is 25.2 Å². The lowest BCUT2D eigenvalue weighted by Crippen LogP contribution is -2.33. The van der Waals surface area contributed by atoms with Gasteiger partial charge in [0.1, 0.15) is 11.9 Å². The highest BCUT2D eigenvalue weighted by atomic mass is 19.1. The number of nitrogens with zero attached hydrogens (tertiary/aromatic N) is 2. The van der Waals surface area contributed by atoms with Crippen LogP contribution in [0.1, 0.15) is 6.92 Å². The number of halogens is 1. The van der Waals surface area contributed by atoms with Gasteiger partial charge in [-0.15, -0.1) is 0 Å². The maximum absolute atomic E-state index is 14.4. The van der Waals surface area contributed by atoms with Crippen LogP contribution in [0.25, 0.3) is 0 Å². The number of benzene rings is 1. The van der Waals surface area contributed by atoms with E-state index in [4.69, 9.17) is 4.74 Å². The molecule has 1 aromatic rings. The summed E-state index contributed by atoms with van der Waals surface area (Å²) in [5, 5.41) is 21.7. The van der Waals surface area contributed by atoms with Crippen molar-refractivity contribution in [1.29, 1.82) is 0 Å². The third-order valence-electron chi connectivity index (χ3n) is 4.30. The largest absolute Gasteiger partial charge is 0.442 e.